The van der Waals surface area contributed by atoms with E-state index < -0.39 is 36.1 Å². The van der Waals surface area contributed by atoms with Crippen molar-refractivity contribution >= 4 is 52.8 Å². The number of urea groups is 1. The van der Waals surface area contributed by atoms with E-state index in [1.807, 2.05) is 15.6 Å². The maximum Gasteiger partial charge on any atom is 0.317 e. The molecule has 5 aliphatic heterocycles. The third-order valence-corrected chi connectivity index (χ3v) is 12.5. The molecule has 5 aliphatic rings. The lowest BCUT2D eigenvalue weighted by molar-refractivity contribution is -0.136. The number of hydrogen-bond donors (Lipinski definition) is 3. The molecule has 1 unspecified atom stereocenters. The van der Waals surface area contributed by atoms with Crippen LogP contribution in [0.3, 0.4) is 0 Å². The summed E-state index contributed by atoms with van der Waals surface area (Å²) in [5, 5.41) is 17.4. The summed E-state index contributed by atoms with van der Waals surface area (Å²) >= 11 is 0. The number of anilines is 3. The number of carbonyl (C=O) groups excluding carboxylic acids is 6. The van der Waals surface area contributed by atoms with E-state index in [0.29, 0.717) is 86.7 Å². The quantitative estimate of drug-likeness (QED) is 0.221. The van der Waals surface area contributed by atoms with Crippen molar-refractivity contribution in [3.05, 3.63) is 76.2 Å². The molecule has 2 aromatic carbocycles. The molecule has 4 aromatic rings. The van der Waals surface area contributed by atoms with Crippen molar-refractivity contribution in [2.45, 2.75) is 70.0 Å². The number of benzene rings is 2. The molecule has 9 rings (SSSR count). The lowest BCUT2D eigenvalue weighted by atomic mass is 9.92. The highest BCUT2D eigenvalue weighted by Gasteiger charge is 2.45. The van der Waals surface area contributed by atoms with Gasteiger partial charge in [0.25, 0.3) is 18.2 Å². The average molecular weight is 838 g/mol. The number of carbonyl (C=O) groups is 6. The second-order valence-electron chi connectivity index (χ2n) is 16.1. The molecule has 61 heavy (non-hydrogen) atoms. The molecule has 2 aromatic heterocycles. The monoisotopic (exact) mass is 837 g/mol. The van der Waals surface area contributed by atoms with Gasteiger partial charge in [-0.25, -0.2) is 13.6 Å². The van der Waals surface area contributed by atoms with Crippen LogP contribution in [0, 0.1) is 0 Å². The fourth-order valence-corrected chi connectivity index (χ4v) is 9.37. The standard InChI is InChI=1S/C42H45F2N11O6/c1-45-42(61)52-15-11-32-31(22-52)38(53-12-3-4-23-16-28(24-19-47-50(2)21-24)29(37(43)44)18-34(23)53)49-55(32)26-9-13-51(14-10-26)36(57)20-46-25-5-6-27-30(17-25)41(60)54(40(27)59)33-7-8-35(56)48-39(33)58/h5-6,16-19,21,26,33,37,46H,3-4,7-15,20,22H2,1-2H3,(H,45,61)(H,48,56,58). The summed E-state index contributed by atoms with van der Waals surface area (Å²) in [5.74, 6) is -1.87. The molecular formula is C42H45F2N11O6. The summed E-state index contributed by atoms with van der Waals surface area (Å²) in [4.78, 5) is 83.3. The van der Waals surface area contributed by atoms with Gasteiger partial charge in [0, 0.05) is 93.1 Å². The highest BCUT2D eigenvalue weighted by Crippen LogP contribution is 2.44. The summed E-state index contributed by atoms with van der Waals surface area (Å²) in [6.07, 6.45) is 3.97. The minimum absolute atomic E-state index is 0.0218. The van der Waals surface area contributed by atoms with Crippen LogP contribution in [0.15, 0.2) is 42.7 Å². The van der Waals surface area contributed by atoms with Gasteiger partial charge in [-0.1, -0.05) is 0 Å². The highest BCUT2D eigenvalue weighted by molar-refractivity contribution is 6.23. The van der Waals surface area contributed by atoms with Crippen LogP contribution >= 0.6 is 0 Å². The van der Waals surface area contributed by atoms with Crippen LogP contribution in [-0.2, 0) is 40.8 Å². The summed E-state index contributed by atoms with van der Waals surface area (Å²) in [7, 11) is 3.34. The third-order valence-electron chi connectivity index (χ3n) is 12.5. The number of alkyl halides is 2. The number of hydrogen-bond acceptors (Lipinski definition) is 10. The number of likely N-dealkylation sites (tertiary alicyclic amines) is 1. The van der Waals surface area contributed by atoms with Gasteiger partial charge in [-0.05, 0) is 73.6 Å². The van der Waals surface area contributed by atoms with Crippen LogP contribution in [0.2, 0.25) is 0 Å². The predicted octanol–water partition coefficient (Wildman–Crippen LogP) is 3.68. The Hall–Kier alpha value is -6.66. The second kappa shape index (κ2) is 15.7. The van der Waals surface area contributed by atoms with Gasteiger partial charge in [-0.3, -0.25) is 43.6 Å². The van der Waals surface area contributed by atoms with Crippen molar-refractivity contribution in [2.24, 2.45) is 7.05 Å². The molecule has 2 saturated heterocycles. The second-order valence-corrected chi connectivity index (χ2v) is 16.1. The van der Waals surface area contributed by atoms with Gasteiger partial charge < -0.3 is 25.3 Å². The van der Waals surface area contributed by atoms with E-state index >= 15 is 0 Å². The Labute approximate surface area is 349 Å². The van der Waals surface area contributed by atoms with Gasteiger partial charge in [0.05, 0.1) is 36.5 Å². The number of piperidine rings is 2. The zero-order valence-corrected chi connectivity index (χ0v) is 33.7. The van der Waals surface area contributed by atoms with Crippen molar-refractivity contribution in [1.82, 2.24) is 44.9 Å². The smallest absolute Gasteiger partial charge is 0.317 e. The van der Waals surface area contributed by atoms with Crippen LogP contribution < -0.4 is 20.9 Å². The number of nitrogens with one attached hydrogen (secondary N) is 3. The van der Waals surface area contributed by atoms with Crippen LogP contribution in [0.5, 0.6) is 0 Å². The molecule has 17 nitrogen and oxygen atoms in total. The molecule has 0 bridgehead atoms. The number of aryl methyl sites for hydroxylation is 2. The van der Waals surface area contributed by atoms with Crippen LogP contribution in [-0.4, -0.2) is 116 Å². The number of rotatable bonds is 8. The first-order valence-electron chi connectivity index (χ1n) is 20.6. The lowest BCUT2D eigenvalue weighted by Gasteiger charge is -2.34. The van der Waals surface area contributed by atoms with Crippen molar-refractivity contribution in [3.8, 4) is 11.1 Å². The van der Waals surface area contributed by atoms with E-state index in [-0.39, 0.29) is 54.1 Å². The minimum Gasteiger partial charge on any atom is -0.376 e. The molecule has 19 heteroatoms. The number of amides is 7. The first-order chi connectivity index (χ1) is 29.4. The number of halogens is 2. The van der Waals surface area contributed by atoms with Gasteiger partial charge in [-0.2, -0.15) is 10.2 Å². The number of fused-ring (bicyclic) bond motifs is 3. The van der Waals surface area contributed by atoms with Gasteiger partial charge >= 0.3 is 6.03 Å². The summed E-state index contributed by atoms with van der Waals surface area (Å²) in [5.41, 5.74) is 5.22. The van der Waals surface area contributed by atoms with E-state index in [9.17, 15) is 37.5 Å². The van der Waals surface area contributed by atoms with E-state index in [2.05, 4.69) is 21.0 Å². The molecular weight excluding hydrogens is 793 g/mol. The third kappa shape index (κ3) is 7.14. The zero-order valence-electron chi connectivity index (χ0n) is 33.7. The van der Waals surface area contributed by atoms with E-state index in [0.717, 1.165) is 28.1 Å². The molecule has 318 valence electrons. The molecule has 7 heterocycles. The Morgan fingerprint density at radius 3 is 2.43 bits per heavy atom. The van der Waals surface area contributed by atoms with Crippen LogP contribution in [0.1, 0.15) is 87.7 Å². The summed E-state index contributed by atoms with van der Waals surface area (Å²) in [6, 6.07) is 6.70. The van der Waals surface area contributed by atoms with Gasteiger partial charge in [-0.15, -0.1) is 0 Å². The lowest BCUT2D eigenvalue weighted by Crippen LogP contribution is -2.54. The van der Waals surface area contributed by atoms with E-state index in [1.165, 1.54) is 12.1 Å². The van der Waals surface area contributed by atoms with Crippen LogP contribution in [0.4, 0.5) is 30.8 Å². The van der Waals surface area contributed by atoms with Crippen molar-refractivity contribution < 1.29 is 37.5 Å². The summed E-state index contributed by atoms with van der Waals surface area (Å²) in [6.45, 7) is 2.22. The Morgan fingerprint density at radius 1 is 0.918 bits per heavy atom. The SMILES string of the molecule is CNC(=O)N1CCc2c(c(N3CCCc4cc(-c5cnn(C)c5)c(C(F)F)cc43)nn2C2CCN(C(=O)CNc3ccc4c(c3)C(=O)N(C3CCC(=O)NC3=O)C4=O)CC2)C1. The number of aromatic nitrogens is 4. The van der Waals surface area contributed by atoms with Gasteiger partial charge in [0.15, 0.2) is 5.82 Å². The molecule has 0 radical (unpaired) electrons. The van der Waals surface area contributed by atoms with E-state index in [1.54, 1.807) is 53.1 Å². The van der Waals surface area contributed by atoms with Gasteiger partial charge in [0.2, 0.25) is 17.7 Å². The maximum absolute atomic E-state index is 14.7. The maximum atomic E-state index is 14.7. The molecule has 7 amide bonds. The molecule has 0 spiro atoms. The fourth-order valence-electron chi connectivity index (χ4n) is 9.37. The predicted molar refractivity (Wildman–Crippen MR) is 216 cm³/mol. The number of nitrogens with zero attached hydrogens (tertiary/aromatic N) is 8. The van der Waals surface area contributed by atoms with Crippen molar-refractivity contribution in [2.75, 3.05) is 50.0 Å². The Kier molecular flexibility index (Phi) is 10.3. The molecule has 1 atom stereocenters. The largest absolute Gasteiger partial charge is 0.376 e. The Bertz CT molecular complexity index is 2490. The molecule has 3 N–H and O–H groups in total. The van der Waals surface area contributed by atoms with E-state index in [4.69, 9.17) is 5.10 Å². The minimum atomic E-state index is -2.72. The molecule has 0 saturated carbocycles. The van der Waals surface area contributed by atoms with Crippen molar-refractivity contribution in [1.29, 1.82) is 0 Å². The fraction of sp³-hybridized carbons (Fsp3) is 0.429. The topological polar surface area (TPSA) is 187 Å². The Morgan fingerprint density at radius 2 is 1.70 bits per heavy atom. The number of imide groups is 2. The average Bonchev–Trinajstić information content (AvgIpc) is 3.94. The zero-order chi connectivity index (χ0) is 42.7. The van der Waals surface area contributed by atoms with Gasteiger partial charge in [0.1, 0.15) is 6.04 Å². The first-order valence-corrected chi connectivity index (χ1v) is 20.6. The molecule has 0 aliphatic carbocycles. The van der Waals surface area contributed by atoms with Crippen molar-refractivity contribution in [3.63, 3.8) is 0 Å². The molecule has 2 fully saturated rings. The highest BCUT2D eigenvalue weighted by atomic mass is 19.3. The van der Waals surface area contributed by atoms with Crippen LogP contribution in [0.25, 0.3) is 11.1 Å². The normalized spacial score (nSPS) is 19.3. The summed E-state index contributed by atoms with van der Waals surface area (Å²) < 4.78 is 33.1. The Balaban J connectivity index is 0.909. The first kappa shape index (κ1) is 39.8.